The molecule has 0 radical (unpaired) electrons. The molecule has 112 valence electrons. The Hall–Kier alpha value is -2.17. The van der Waals surface area contributed by atoms with Crippen molar-refractivity contribution in [3.05, 3.63) is 47.5 Å². The van der Waals surface area contributed by atoms with Gasteiger partial charge in [0.1, 0.15) is 5.82 Å². The summed E-state index contributed by atoms with van der Waals surface area (Å²) in [6.07, 6.45) is 1.89. The fourth-order valence-electron chi connectivity index (χ4n) is 2.07. The van der Waals surface area contributed by atoms with Gasteiger partial charge in [0.05, 0.1) is 0 Å². The van der Waals surface area contributed by atoms with Gasteiger partial charge in [-0.25, -0.2) is 4.98 Å². The van der Waals surface area contributed by atoms with Gasteiger partial charge in [-0.1, -0.05) is 44.2 Å². The average Bonchev–Trinajstić information content (AvgIpc) is 2.97. The number of aryl methyl sites for hydroxylation is 1. The number of aromatic nitrogens is 3. The van der Waals surface area contributed by atoms with Crippen molar-refractivity contribution in [2.45, 2.75) is 32.6 Å². The van der Waals surface area contributed by atoms with E-state index in [2.05, 4.69) is 27.3 Å². The second-order valence-electron chi connectivity index (χ2n) is 5.51. The number of aromatic amines is 1. The molecule has 1 N–H and O–H groups in total. The summed E-state index contributed by atoms with van der Waals surface area (Å²) in [6.45, 7) is 4.72. The van der Waals surface area contributed by atoms with Crippen molar-refractivity contribution in [1.82, 2.24) is 20.1 Å². The number of nitrogens with zero attached hydrogens (tertiary/aromatic N) is 3. The first-order valence-electron chi connectivity index (χ1n) is 7.29. The van der Waals surface area contributed by atoms with Crippen molar-refractivity contribution in [1.29, 1.82) is 0 Å². The van der Waals surface area contributed by atoms with Gasteiger partial charge >= 0.3 is 0 Å². The largest absolute Gasteiger partial charge is 0.339 e. The van der Waals surface area contributed by atoms with Crippen molar-refractivity contribution >= 4 is 5.91 Å². The predicted molar refractivity (Wildman–Crippen MR) is 82.2 cm³/mol. The quantitative estimate of drug-likeness (QED) is 0.888. The van der Waals surface area contributed by atoms with Gasteiger partial charge in [-0.15, -0.1) is 5.10 Å². The molecule has 1 aromatic heterocycles. The molecule has 21 heavy (non-hydrogen) atoms. The van der Waals surface area contributed by atoms with Crippen LogP contribution in [0.25, 0.3) is 0 Å². The third-order valence-corrected chi connectivity index (χ3v) is 3.39. The van der Waals surface area contributed by atoms with Crippen LogP contribution in [-0.2, 0) is 6.42 Å². The molecule has 0 saturated heterocycles. The van der Waals surface area contributed by atoms with Crippen LogP contribution in [0.4, 0.5) is 0 Å². The van der Waals surface area contributed by atoms with Gasteiger partial charge < -0.3 is 4.90 Å². The third-order valence-electron chi connectivity index (χ3n) is 3.39. The van der Waals surface area contributed by atoms with Crippen molar-refractivity contribution in [3.8, 4) is 0 Å². The maximum Gasteiger partial charge on any atom is 0.293 e. The highest BCUT2D eigenvalue weighted by Gasteiger charge is 2.17. The minimum absolute atomic E-state index is 0.133. The first-order chi connectivity index (χ1) is 10.1. The van der Waals surface area contributed by atoms with Gasteiger partial charge in [0, 0.05) is 19.5 Å². The second kappa shape index (κ2) is 7.02. The van der Waals surface area contributed by atoms with E-state index in [4.69, 9.17) is 0 Å². The number of amides is 1. The van der Waals surface area contributed by atoms with Gasteiger partial charge in [-0.3, -0.25) is 9.89 Å². The molecule has 5 heteroatoms. The molecule has 0 spiro atoms. The number of rotatable bonds is 6. The van der Waals surface area contributed by atoms with E-state index >= 15 is 0 Å². The summed E-state index contributed by atoms with van der Waals surface area (Å²) in [7, 11) is 1.79. The van der Waals surface area contributed by atoms with E-state index in [1.54, 1.807) is 11.9 Å². The van der Waals surface area contributed by atoms with E-state index in [-0.39, 0.29) is 17.6 Å². The molecule has 1 heterocycles. The van der Waals surface area contributed by atoms with Gasteiger partial charge in [0.15, 0.2) is 0 Å². The van der Waals surface area contributed by atoms with Gasteiger partial charge in [-0.2, -0.15) is 0 Å². The van der Waals surface area contributed by atoms with Crippen LogP contribution in [0.3, 0.4) is 0 Å². The maximum absolute atomic E-state index is 12.2. The zero-order valence-electron chi connectivity index (χ0n) is 12.8. The summed E-state index contributed by atoms with van der Waals surface area (Å²) >= 11 is 0. The number of benzene rings is 1. The summed E-state index contributed by atoms with van der Waals surface area (Å²) in [5.41, 5.74) is 1.29. The topological polar surface area (TPSA) is 61.9 Å². The van der Waals surface area contributed by atoms with E-state index in [1.165, 1.54) is 5.56 Å². The van der Waals surface area contributed by atoms with Crippen molar-refractivity contribution in [2.75, 3.05) is 13.6 Å². The van der Waals surface area contributed by atoms with Crippen LogP contribution < -0.4 is 0 Å². The highest BCUT2D eigenvalue weighted by atomic mass is 16.2. The van der Waals surface area contributed by atoms with Crippen molar-refractivity contribution < 1.29 is 4.79 Å². The van der Waals surface area contributed by atoms with Crippen LogP contribution in [0, 0.1) is 0 Å². The zero-order valence-corrected chi connectivity index (χ0v) is 12.8. The Bertz CT molecular complexity index is 577. The molecule has 0 aliphatic rings. The Morgan fingerprint density at radius 1 is 1.29 bits per heavy atom. The molecule has 0 aliphatic carbocycles. The molecule has 0 fully saturated rings. The monoisotopic (exact) mass is 286 g/mol. The lowest BCUT2D eigenvalue weighted by atomic mass is 10.1. The smallest absolute Gasteiger partial charge is 0.293 e. The predicted octanol–water partition coefficient (Wildman–Crippen LogP) is 2.63. The molecule has 0 bridgehead atoms. The number of hydrogen-bond acceptors (Lipinski definition) is 3. The van der Waals surface area contributed by atoms with Crippen molar-refractivity contribution in [3.63, 3.8) is 0 Å². The van der Waals surface area contributed by atoms with E-state index in [0.717, 1.165) is 18.7 Å². The molecule has 2 rings (SSSR count). The van der Waals surface area contributed by atoms with Crippen LogP contribution in [0.5, 0.6) is 0 Å². The molecule has 0 atom stereocenters. The number of carbonyl (C=O) groups excluding carboxylic acids is 1. The van der Waals surface area contributed by atoms with E-state index in [9.17, 15) is 4.79 Å². The van der Waals surface area contributed by atoms with Crippen LogP contribution in [0.1, 0.15) is 48.2 Å². The lowest BCUT2D eigenvalue weighted by Gasteiger charge is -2.15. The molecule has 0 aliphatic heterocycles. The van der Waals surface area contributed by atoms with Crippen molar-refractivity contribution in [2.24, 2.45) is 0 Å². The molecule has 0 saturated carbocycles. The summed E-state index contributed by atoms with van der Waals surface area (Å²) in [5, 5.41) is 6.81. The van der Waals surface area contributed by atoms with E-state index < -0.39 is 0 Å². The van der Waals surface area contributed by atoms with Crippen LogP contribution in [0.15, 0.2) is 30.3 Å². The van der Waals surface area contributed by atoms with Crippen LogP contribution in [-0.4, -0.2) is 39.6 Å². The van der Waals surface area contributed by atoms with Gasteiger partial charge in [0.25, 0.3) is 5.91 Å². The van der Waals surface area contributed by atoms with Crippen LogP contribution >= 0.6 is 0 Å². The van der Waals surface area contributed by atoms with E-state index in [1.807, 2.05) is 32.0 Å². The first-order valence-corrected chi connectivity index (χ1v) is 7.29. The highest BCUT2D eigenvalue weighted by Crippen LogP contribution is 2.09. The maximum atomic E-state index is 12.2. The Morgan fingerprint density at radius 3 is 2.62 bits per heavy atom. The van der Waals surface area contributed by atoms with Gasteiger partial charge in [-0.05, 0) is 18.4 Å². The normalized spacial score (nSPS) is 10.9. The SMILES string of the molecule is CC(C)c1nc(C(=O)N(C)CCCc2ccccc2)n[nH]1. The molecular formula is C16H22N4O. The number of nitrogens with one attached hydrogen (secondary N) is 1. The molecular weight excluding hydrogens is 264 g/mol. The fraction of sp³-hybridized carbons (Fsp3) is 0.438. The molecule has 5 nitrogen and oxygen atoms in total. The fourth-order valence-corrected chi connectivity index (χ4v) is 2.07. The Balaban J connectivity index is 1.84. The first kappa shape index (κ1) is 15.2. The Kier molecular flexibility index (Phi) is 5.09. The minimum atomic E-state index is -0.133. The lowest BCUT2D eigenvalue weighted by Crippen LogP contribution is -2.29. The standard InChI is InChI=1S/C16H22N4O/c1-12(2)14-17-15(19-18-14)16(21)20(3)11-7-10-13-8-5-4-6-9-13/h4-6,8-9,12H,7,10-11H2,1-3H3,(H,17,18,19). The van der Waals surface area contributed by atoms with E-state index in [0.29, 0.717) is 6.54 Å². The molecule has 1 amide bonds. The third kappa shape index (κ3) is 4.15. The summed E-state index contributed by atoms with van der Waals surface area (Å²) in [5.74, 6) is 1.10. The highest BCUT2D eigenvalue weighted by molar-refractivity contribution is 5.90. The summed E-state index contributed by atoms with van der Waals surface area (Å²) in [6, 6.07) is 10.3. The van der Waals surface area contributed by atoms with Crippen LogP contribution in [0.2, 0.25) is 0 Å². The Morgan fingerprint density at radius 2 is 2.00 bits per heavy atom. The van der Waals surface area contributed by atoms with Gasteiger partial charge in [0.2, 0.25) is 5.82 Å². The minimum Gasteiger partial charge on any atom is -0.339 e. The Labute approximate surface area is 125 Å². The number of carbonyl (C=O) groups is 1. The number of hydrogen-bond donors (Lipinski definition) is 1. The number of H-pyrrole nitrogens is 1. The molecule has 0 unspecified atom stereocenters. The second-order valence-corrected chi connectivity index (χ2v) is 5.51. The lowest BCUT2D eigenvalue weighted by molar-refractivity contribution is 0.0782. The zero-order chi connectivity index (χ0) is 15.2. The summed E-state index contributed by atoms with van der Waals surface area (Å²) < 4.78 is 0. The average molecular weight is 286 g/mol. The summed E-state index contributed by atoms with van der Waals surface area (Å²) in [4.78, 5) is 18.1. The molecule has 1 aromatic carbocycles. The molecule has 2 aromatic rings.